The number of aromatic hydroxyl groups is 3. The number of amides is 1. The molecule has 2 aromatic rings. The number of rotatable bonds is 8. The number of benzene rings is 2. The molecule has 0 bridgehead atoms. The Labute approximate surface area is 144 Å². The summed E-state index contributed by atoms with van der Waals surface area (Å²) in [5.74, 6) is -0.842. The van der Waals surface area contributed by atoms with Crippen LogP contribution in [0.15, 0.2) is 36.4 Å². The lowest BCUT2D eigenvalue weighted by molar-refractivity contribution is 0.0997. The van der Waals surface area contributed by atoms with Gasteiger partial charge in [-0.25, -0.2) is 0 Å². The molecule has 8 nitrogen and oxygen atoms in total. The van der Waals surface area contributed by atoms with Crippen LogP contribution >= 0.6 is 0 Å². The molecular formula is C17H20N2O6. The zero-order chi connectivity index (χ0) is 18.4. The van der Waals surface area contributed by atoms with Crippen LogP contribution in [0.2, 0.25) is 0 Å². The molecule has 25 heavy (non-hydrogen) atoms. The molecule has 0 heterocycles. The predicted octanol–water partition coefficient (Wildman–Crippen LogP) is 0.604. The van der Waals surface area contributed by atoms with Crippen molar-refractivity contribution in [3.8, 4) is 23.0 Å². The topological polar surface area (TPSA) is 145 Å². The highest BCUT2D eigenvalue weighted by molar-refractivity contribution is 5.95. The summed E-state index contributed by atoms with van der Waals surface area (Å²) in [5.41, 5.74) is 5.50. The van der Waals surface area contributed by atoms with Gasteiger partial charge in [0.15, 0.2) is 0 Å². The first kappa shape index (κ1) is 18.4. The molecule has 1 unspecified atom stereocenters. The van der Waals surface area contributed by atoms with Gasteiger partial charge in [0.1, 0.15) is 29.6 Å². The van der Waals surface area contributed by atoms with E-state index in [1.54, 1.807) is 0 Å². The average Bonchev–Trinajstić information content (AvgIpc) is 2.54. The molecule has 134 valence electrons. The van der Waals surface area contributed by atoms with Crippen molar-refractivity contribution < 1.29 is 30.0 Å². The molecule has 1 atom stereocenters. The van der Waals surface area contributed by atoms with Crippen LogP contribution in [0.1, 0.15) is 22.0 Å². The van der Waals surface area contributed by atoms with Crippen molar-refractivity contribution in [3.63, 3.8) is 0 Å². The summed E-state index contributed by atoms with van der Waals surface area (Å²) >= 11 is 0. The highest BCUT2D eigenvalue weighted by Gasteiger charge is 2.10. The molecule has 1 amide bonds. The molecule has 0 radical (unpaired) electrons. The monoisotopic (exact) mass is 348 g/mol. The summed E-state index contributed by atoms with van der Waals surface area (Å²) in [5, 5.41) is 41.3. The quantitative estimate of drug-likeness (QED) is 0.383. The summed E-state index contributed by atoms with van der Waals surface area (Å²) in [6.07, 6.45) is -0.909. The number of carbonyl (C=O) groups excluding carboxylic acids is 1. The van der Waals surface area contributed by atoms with E-state index in [0.29, 0.717) is 17.9 Å². The van der Waals surface area contributed by atoms with Crippen LogP contribution in [0, 0.1) is 0 Å². The zero-order valence-electron chi connectivity index (χ0n) is 13.3. The Balaban J connectivity index is 1.78. The number of nitrogens with one attached hydrogen (secondary N) is 1. The van der Waals surface area contributed by atoms with E-state index in [1.165, 1.54) is 36.4 Å². The molecule has 0 aliphatic heterocycles. The molecule has 0 saturated carbocycles. The first-order chi connectivity index (χ1) is 11.9. The number of carbonyl (C=O) groups is 1. The third-order valence-corrected chi connectivity index (χ3v) is 3.43. The van der Waals surface area contributed by atoms with E-state index in [-0.39, 0.29) is 36.0 Å². The van der Waals surface area contributed by atoms with Crippen molar-refractivity contribution in [1.29, 1.82) is 0 Å². The number of primary amides is 1. The Kier molecular flexibility index (Phi) is 6.04. The van der Waals surface area contributed by atoms with Gasteiger partial charge < -0.3 is 36.2 Å². The molecular weight excluding hydrogens is 328 g/mol. The number of hydrogen-bond acceptors (Lipinski definition) is 7. The predicted molar refractivity (Wildman–Crippen MR) is 89.7 cm³/mol. The summed E-state index contributed by atoms with van der Waals surface area (Å²) in [7, 11) is 0. The Hall–Kier alpha value is -2.97. The average molecular weight is 348 g/mol. The van der Waals surface area contributed by atoms with Crippen molar-refractivity contribution in [3.05, 3.63) is 47.5 Å². The van der Waals surface area contributed by atoms with Gasteiger partial charge in [0.05, 0.1) is 11.7 Å². The van der Waals surface area contributed by atoms with E-state index >= 15 is 0 Å². The van der Waals surface area contributed by atoms with E-state index < -0.39 is 12.0 Å². The minimum absolute atomic E-state index is 0.0235. The second kappa shape index (κ2) is 8.22. The number of nitrogens with two attached hydrogens (primary N) is 1. The number of aliphatic hydroxyl groups is 1. The normalized spacial score (nSPS) is 11.9. The highest BCUT2D eigenvalue weighted by Crippen LogP contribution is 2.24. The number of phenolic OH excluding ortho intramolecular Hbond substituents is 2. The number of ether oxygens (including phenoxy) is 1. The van der Waals surface area contributed by atoms with Gasteiger partial charge in [0, 0.05) is 19.2 Å². The van der Waals surface area contributed by atoms with Crippen molar-refractivity contribution in [2.75, 3.05) is 19.7 Å². The summed E-state index contributed by atoms with van der Waals surface area (Å²) in [4.78, 5) is 11.1. The lowest BCUT2D eigenvalue weighted by atomic mass is 10.1. The first-order valence-electron chi connectivity index (χ1n) is 7.54. The fraction of sp³-hybridized carbons (Fsp3) is 0.235. The molecule has 2 aromatic carbocycles. The van der Waals surface area contributed by atoms with Gasteiger partial charge >= 0.3 is 0 Å². The maximum Gasteiger partial charge on any atom is 0.252 e. The lowest BCUT2D eigenvalue weighted by Gasteiger charge is -2.13. The van der Waals surface area contributed by atoms with E-state index in [9.17, 15) is 25.2 Å². The van der Waals surface area contributed by atoms with Crippen molar-refractivity contribution in [2.24, 2.45) is 5.73 Å². The van der Waals surface area contributed by atoms with Crippen LogP contribution < -0.4 is 15.8 Å². The van der Waals surface area contributed by atoms with Crippen LogP contribution in [0.4, 0.5) is 0 Å². The highest BCUT2D eigenvalue weighted by atomic mass is 16.5. The standard InChI is InChI=1S/C17H20N2O6/c18-17(24)14-8-13(1-2-15(14)22)25-4-3-19-9-16(23)10-5-11(20)7-12(21)6-10/h1-2,5-8,16,19-23H,3-4,9H2,(H2,18,24). The Morgan fingerprint density at radius 1 is 1.12 bits per heavy atom. The number of aliphatic hydroxyl groups excluding tert-OH is 1. The molecule has 0 saturated heterocycles. The van der Waals surface area contributed by atoms with Crippen LogP contribution in [-0.4, -0.2) is 46.0 Å². The third kappa shape index (κ3) is 5.27. The van der Waals surface area contributed by atoms with Gasteiger partial charge in [0.2, 0.25) is 0 Å². The largest absolute Gasteiger partial charge is 0.508 e. The second-order valence-electron chi connectivity index (χ2n) is 5.39. The molecule has 0 spiro atoms. The van der Waals surface area contributed by atoms with Crippen LogP contribution in [0.5, 0.6) is 23.0 Å². The van der Waals surface area contributed by atoms with Crippen LogP contribution in [0.25, 0.3) is 0 Å². The molecule has 8 heteroatoms. The van der Waals surface area contributed by atoms with Gasteiger partial charge in [-0.2, -0.15) is 0 Å². The smallest absolute Gasteiger partial charge is 0.252 e. The van der Waals surface area contributed by atoms with Crippen molar-refractivity contribution >= 4 is 5.91 Å². The number of phenols is 3. The van der Waals surface area contributed by atoms with Crippen LogP contribution in [0.3, 0.4) is 0 Å². The fourth-order valence-electron chi connectivity index (χ4n) is 2.21. The van der Waals surface area contributed by atoms with E-state index in [0.717, 1.165) is 0 Å². The third-order valence-electron chi connectivity index (χ3n) is 3.43. The minimum atomic E-state index is -0.909. The van der Waals surface area contributed by atoms with Crippen molar-refractivity contribution in [2.45, 2.75) is 6.10 Å². The maximum absolute atomic E-state index is 11.1. The molecule has 7 N–H and O–H groups in total. The first-order valence-corrected chi connectivity index (χ1v) is 7.54. The fourth-order valence-corrected chi connectivity index (χ4v) is 2.21. The Morgan fingerprint density at radius 2 is 1.80 bits per heavy atom. The molecule has 2 rings (SSSR count). The SMILES string of the molecule is NC(=O)c1cc(OCCNCC(O)c2cc(O)cc(O)c2)ccc1O. The van der Waals surface area contributed by atoms with Gasteiger partial charge in [-0.15, -0.1) is 0 Å². The summed E-state index contributed by atoms with van der Waals surface area (Å²) in [6.45, 7) is 0.837. The molecule has 0 fully saturated rings. The molecule has 0 aromatic heterocycles. The van der Waals surface area contributed by atoms with E-state index in [2.05, 4.69) is 5.32 Å². The maximum atomic E-state index is 11.1. The second-order valence-corrected chi connectivity index (χ2v) is 5.39. The van der Waals surface area contributed by atoms with Crippen LogP contribution in [-0.2, 0) is 0 Å². The lowest BCUT2D eigenvalue weighted by Crippen LogP contribution is -2.26. The Morgan fingerprint density at radius 3 is 2.44 bits per heavy atom. The Bertz CT molecular complexity index is 730. The minimum Gasteiger partial charge on any atom is -0.508 e. The molecule has 0 aliphatic rings. The summed E-state index contributed by atoms with van der Waals surface area (Å²) < 4.78 is 5.43. The van der Waals surface area contributed by atoms with E-state index in [1.807, 2.05) is 0 Å². The van der Waals surface area contributed by atoms with Gasteiger partial charge in [0.25, 0.3) is 5.91 Å². The molecule has 0 aliphatic carbocycles. The number of hydrogen-bond donors (Lipinski definition) is 6. The van der Waals surface area contributed by atoms with E-state index in [4.69, 9.17) is 10.5 Å². The van der Waals surface area contributed by atoms with Gasteiger partial charge in [-0.3, -0.25) is 4.79 Å². The van der Waals surface area contributed by atoms with Gasteiger partial charge in [-0.05, 0) is 35.9 Å². The summed E-state index contributed by atoms with van der Waals surface area (Å²) in [6, 6.07) is 8.08. The van der Waals surface area contributed by atoms with Gasteiger partial charge in [-0.1, -0.05) is 0 Å². The zero-order valence-corrected chi connectivity index (χ0v) is 13.3. The van der Waals surface area contributed by atoms with Crippen molar-refractivity contribution in [1.82, 2.24) is 5.32 Å².